The van der Waals surface area contributed by atoms with E-state index in [1.165, 1.54) is 11.3 Å². The van der Waals surface area contributed by atoms with Crippen LogP contribution in [0.2, 0.25) is 0 Å². The predicted octanol–water partition coefficient (Wildman–Crippen LogP) is 4.92. The summed E-state index contributed by atoms with van der Waals surface area (Å²) in [6, 6.07) is 15.6. The number of anilines is 1. The Morgan fingerprint density at radius 2 is 1.96 bits per heavy atom. The molecular weight excluding hydrogens is 360 g/mol. The van der Waals surface area contributed by atoms with E-state index in [9.17, 15) is 4.79 Å². The Labute approximate surface area is 163 Å². The van der Waals surface area contributed by atoms with Gasteiger partial charge in [-0.1, -0.05) is 12.1 Å². The molecule has 1 heterocycles. The molecule has 0 saturated heterocycles. The first kappa shape index (κ1) is 18.9. The molecule has 6 heteroatoms. The molecular formula is C21H22N2O3S. The SMILES string of the molecule is COc1ccc(-c2csc(NC(=O)CCCOc3cccc(C)c3)n2)cc1. The average Bonchev–Trinajstić information content (AvgIpc) is 3.14. The van der Waals surface area contributed by atoms with Gasteiger partial charge in [-0.05, 0) is 55.3 Å². The quantitative estimate of drug-likeness (QED) is 0.562. The maximum absolute atomic E-state index is 12.1. The lowest BCUT2D eigenvalue weighted by Gasteiger charge is -2.06. The highest BCUT2D eigenvalue weighted by molar-refractivity contribution is 7.14. The van der Waals surface area contributed by atoms with Crippen LogP contribution in [0, 0.1) is 6.92 Å². The van der Waals surface area contributed by atoms with Crippen molar-refractivity contribution >= 4 is 22.4 Å². The lowest BCUT2D eigenvalue weighted by atomic mass is 10.2. The van der Waals surface area contributed by atoms with Gasteiger partial charge in [0.05, 0.1) is 19.4 Å². The number of ether oxygens (including phenoxy) is 2. The Balaban J connectivity index is 1.44. The number of rotatable bonds is 8. The van der Waals surface area contributed by atoms with Crippen molar-refractivity contribution < 1.29 is 14.3 Å². The maximum Gasteiger partial charge on any atom is 0.226 e. The van der Waals surface area contributed by atoms with E-state index in [1.54, 1.807) is 7.11 Å². The summed E-state index contributed by atoms with van der Waals surface area (Å²) >= 11 is 1.41. The van der Waals surface area contributed by atoms with Crippen molar-refractivity contribution in [2.24, 2.45) is 0 Å². The molecule has 27 heavy (non-hydrogen) atoms. The van der Waals surface area contributed by atoms with Crippen LogP contribution in [0.1, 0.15) is 18.4 Å². The summed E-state index contributed by atoms with van der Waals surface area (Å²) in [5.41, 5.74) is 2.97. The minimum Gasteiger partial charge on any atom is -0.497 e. The highest BCUT2D eigenvalue weighted by Gasteiger charge is 2.08. The van der Waals surface area contributed by atoms with E-state index in [1.807, 2.05) is 60.8 Å². The third kappa shape index (κ3) is 5.56. The van der Waals surface area contributed by atoms with Gasteiger partial charge in [-0.3, -0.25) is 4.79 Å². The minimum absolute atomic E-state index is 0.0570. The molecule has 1 N–H and O–H groups in total. The van der Waals surface area contributed by atoms with Crippen molar-refractivity contribution in [3.63, 3.8) is 0 Å². The molecule has 0 bridgehead atoms. The number of thiazole rings is 1. The molecule has 0 spiro atoms. The first-order chi connectivity index (χ1) is 13.1. The number of aryl methyl sites for hydroxylation is 1. The van der Waals surface area contributed by atoms with E-state index >= 15 is 0 Å². The van der Waals surface area contributed by atoms with Crippen molar-refractivity contribution in [2.45, 2.75) is 19.8 Å². The average molecular weight is 382 g/mol. The molecule has 0 saturated carbocycles. The van der Waals surface area contributed by atoms with Gasteiger partial charge in [-0.25, -0.2) is 4.98 Å². The van der Waals surface area contributed by atoms with Gasteiger partial charge >= 0.3 is 0 Å². The van der Waals surface area contributed by atoms with Gasteiger partial charge in [0, 0.05) is 17.4 Å². The van der Waals surface area contributed by atoms with Gasteiger partial charge in [0.2, 0.25) is 5.91 Å². The molecule has 2 aromatic carbocycles. The second-order valence-corrected chi connectivity index (χ2v) is 6.94. The number of nitrogens with one attached hydrogen (secondary N) is 1. The highest BCUT2D eigenvalue weighted by Crippen LogP contribution is 2.26. The van der Waals surface area contributed by atoms with Crippen molar-refractivity contribution in [3.05, 3.63) is 59.5 Å². The Kier molecular flexibility index (Phi) is 6.44. The molecule has 0 aliphatic heterocycles. The Morgan fingerprint density at radius 1 is 1.15 bits per heavy atom. The lowest BCUT2D eigenvalue weighted by molar-refractivity contribution is -0.116. The molecule has 0 unspecified atom stereocenters. The summed E-state index contributed by atoms with van der Waals surface area (Å²) < 4.78 is 10.8. The molecule has 0 aliphatic carbocycles. The minimum atomic E-state index is -0.0570. The second kappa shape index (κ2) is 9.19. The predicted molar refractivity (Wildman–Crippen MR) is 109 cm³/mol. The molecule has 0 aliphatic rings. The van der Waals surface area contributed by atoms with Crippen LogP contribution < -0.4 is 14.8 Å². The Morgan fingerprint density at radius 3 is 2.70 bits per heavy atom. The molecule has 3 rings (SSSR count). The summed E-state index contributed by atoms with van der Waals surface area (Å²) in [7, 11) is 1.64. The number of benzene rings is 2. The zero-order chi connectivity index (χ0) is 19.1. The zero-order valence-corrected chi connectivity index (χ0v) is 16.2. The number of aromatic nitrogens is 1. The van der Waals surface area contributed by atoms with Gasteiger partial charge in [-0.2, -0.15) is 0 Å². The molecule has 140 valence electrons. The summed E-state index contributed by atoms with van der Waals surface area (Å²) in [6.45, 7) is 2.53. The normalized spacial score (nSPS) is 10.4. The standard InChI is InChI=1S/C21H22N2O3S/c1-15-5-3-6-18(13-15)26-12-4-7-20(24)23-21-22-19(14-27-21)16-8-10-17(25-2)11-9-16/h3,5-6,8-11,13-14H,4,7,12H2,1-2H3,(H,22,23,24). The van der Waals surface area contributed by atoms with Crippen LogP contribution in [0.5, 0.6) is 11.5 Å². The molecule has 3 aromatic rings. The fourth-order valence-electron chi connectivity index (χ4n) is 2.54. The fraction of sp³-hybridized carbons (Fsp3) is 0.238. The van der Waals surface area contributed by atoms with Crippen LogP contribution in [0.3, 0.4) is 0 Å². The fourth-order valence-corrected chi connectivity index (χ4v) is 3.27. The Hall–Kier alpha value is -2.86. The number of nitrogens with zero attached hydrogens (tertiary/aromatic N) is 1. The van der Waals surface area contributed by atoms with E-state index in [2.05, 4.69) is 10.3 Å². The van der Waals surface area contributed by atoms with Crippen LogP contribution in [0.25, 0.3) is 11.3 Å². The van der Waals surface area contributed by atoms with Gasteiger partial charge in [0.15, 0.2) is 5.13 Å². The maximum atomic E-state index is 12.1. The van der Waals surface area contributed by atoms with Gasteiger partial charge < -0.3 is 14.8 Å². The Bertz CT molecular complexity index is 890. The molecule has 0 atom stereocenters. The third-order valence-corrected chi connectivity index (χ3v) is 4.70. The first-order valence-electron chi connectivity index (χ1n) is 8.73. The summed E-state index contributed by atoms with van der Waals surface area (Å²) in [4.78, 5) is 16.6. The molecule has 1 amide bonds. The number of methoxy groups -OCH3 is 1. The zero-order valence-electron chi connectivity index (χ0n) is 15.4. The smallest absolute Gasteiger partial charge is 0.226 e. The topological polar surface area (TPSA) is 60.5 Å². The van der Waals surface area contributed by atoms with Gasteiger partial charge in [0.1, 0.15) is 11.5 Å². The molecule has 1 aromatic heterocycles. The van der Waals surface area contributed by atoms with Crippen molar-refractivity contribution in [1.82, 2.24) is 4.98 Å². The monoisotopic (exact) mass is 382 g/mol. The molecule has 0 fully saturated rings. The number of hydrogen-bond donors (Lipinski definition) is 1. The molecule has 5 nitrogen and oxygen atoms in total. The molecule has 0 radical (unpaired) electrons. The van der Waals surface area contributed by atoms with E-state index < -0.39 is 0 Å². The third-order valence-electron chi connectivity index (χ3n) is 3.94. The van der Waals surface area contributed by atoms with E-state index in [-0.39, 0.29) is 5.91 Å². The summed E-state index contributed by atoms with van der Waals surface area (Å²) in [5.74, 6) is 1.58. The first-order valence-corrected chi connectivity index (χ1v) is 9.61. The lowest BCUT2D eigenvalue weighted by Crippen LogP contribution is -2.12. The van der Waals surface area contributed by atoms with Gasteiger partial charge in [0.25, 0.3) is 0 Å². The van der Waals surface area contributed by atoms with Crippen molar-refractivity contribution in [2.75, 3.05) is 19.0 Å². The van der Waals surface area contributed by atoms with Gasteiger partial charge in [-0.15, -0.1) is 11.3 Å². The summed E-state index contributed by atoms with van der Waals surface area (Å²) in [5, 5.41) is 5.38. The van der Waals surface area contributed by atoms with Crippen LogP contribution in [0.4, 0.5) is 5.13 Å². The number of carbonyl (C=O) groups is 1. The number of carbonyl (C=O) groups excluding carboxylic acids is 1. The van der Waals surface area contributed by atoms with Crippen LogP contribution in [-0.2, 0) is 4.79 Å². The van der Waals surface area contributed by atoms with E-state index in [0.29, 0.717) is 24.6 Å². The van der Waals surface area contributed by atoms with Crippen LogP contribution >= 0.6 is 11.3 Å². The number of hydrogen-bond acceptors (Lipinski definition) is 5. The van der Waals surface area contributed by atoms with E-state index in [4.69, 9.17) is 9.47 Å². The van der Waals surface area contributed by atoms with Crippen molar-refractivity contribution in [3.8, 4) is 22.8 Å². The largest absolute Gasteiger partial charge is 0.497 e. The van der Waals surface area contributed by atoms with Crippen molar-refractivity contribution in [1.29, 1.82) is 0 Å². The second-order valence-electron chi connectivity index (χ2n) is 6.08. The van der Waals surface area contributed by atoms with Crippen LogP contribution in [-0.4, -0.2) is 24.6 Å². The highest BCUT2D eigenvalue weighted by atomic mass is 32.1. The summed E-state index contributed by atoms with van der Waals surface area (Å²) in [6.07, 6.45) is 1.04. The number of amides is 1. The van der Waals surface area contributed by atoms with Crippen LogP contribution in [0.15, 0.2) is 53.9 Å². The van der Waals surface area contributed by atoms with E-state index in [0.717, 1.165) is 28.3 Å².